The molecule has 24 heavy (non-hydrogen) atoms. The van der Waals surface area contributed by atoms with Gasteiger partial charge in [0.15, 0.2) is 0 Å². The van der Waals surface area contributed by atoms with Gasteiger partial charge < -0.3 is 10.1 Å². The molecule has 0 saturated carbocycles. The number of hydrogen-bond acceptors (Lipinski definition) is 3. The lowest BCUT2D eigenvalue weighted by Gasteiger charge is -2.16. The molecule has 0 aliphatic rings. The number of nitrogens with one attached hydrogen (secondary N) is 1. The normalized spacial score (nSPS) is 11.6. The summed E-state index contributed by atoms with van der Waals surface area (Å²) in [6, 6.07) is 16.2. The van der Waals surface area contributed by atoms with E-state index in [0.717, 1.165) is 11.1 Å². The Kier molecular flexibility index (Phi) is 6.82. The first-order valence-electron chi connectivity index (χ1n) is 7.74. The predicted octanol–water partition coefficient (Wildman–Crippen LogP) is 3.17. The highest BCUT2D eigenvalue weighted by Crippen LogP contribution is 2.12. The smallest absolute Gasteiger partial charge is 0.328 e. The summed E-state index contributed by atoms with van der Waals surface area (Å²) in [5.41, 5.74) is 1.98. The zero-order valence-corrected chi connectivity index (χ0v) is 14.3. The van der Waals surface area contributed by atoms with Crippen LogP contribution in [0.2, 0.25) is 5.02 Å². The minimum Gasteiger partial charge on any atom is -0.467 e. The van der Waals surface area contributed by atoms with Gasteiger partial charge in [-0.05, 0) is 29.7 Å². The van der Waals surface area contributed by atoms with E-state index in [9.17, 15) is 9.59 Å². The van der Waals surface area contributed by atoms with Crippen molar-refractivity contribution in [1.82, 2.24) is 5.32 Å². The molecule has 0 spiro atoms. The molecule has 0 saturated heterocycles. The van der Waals surface area contributed by atoms with E-state index < -0.39 is 12.0 Å². The minimum absolute atomic E-state index is 0.178. The number of ether oxygens (including phenoxy) is 1. The van der Waals surface area contributed by atoms with Crippen LogP contribution in [0.4, 0.5) is 0 Å². The van der Waals surface area contributed by atoms with E-state index in [1.54, 1.807) is 12.1 Å². The summed E-state index contributed by atoms with van der Waals surface area (Å²) in [7, 11) is 1.31. The Hall–Kier alpha value is -2.33. The zero-order chi connectivity index (χ0) is 17.4. The Morgan fingerprint density at radius 2 is 1.71 bits per heavy atom. The highest BCUT2D eigenvalue weighted by Gasteiger charge is 2.21. The first kappa shape index (κ1) is 18.0. The molecule has 0 fully saturated rings. The maximum atomic E-state index is 12.2. The van der Waals surface area contributed by atoms with Gasteiger partial charge in [0.05, 0.1) is 7.11 Å². The van der Waals surface area contributed by atoms with Crippen molar-refractivity contribution in [1.29, 1.82) is 0 Å². The van der Waals surface area contributed by atoms with Crippen LogP contribution in [0.1, 0.15) is 17.5 Å². The fourth-order valence-corrected chi connectivity index (χ4v) is 2.49. The molecule has 126 valence electrons. The molecule has 0 aliphatic carbocycles. The van der Waals surface area contributed by atoms with Crippen LogP contribution < -0.4 is 5.32 Å². The second-order valence-electron chi connectivity index (χ2n) is 5.46. The second-order valence-corrected chi connectivity index (χ2v) is 5.90. The third-order valence-electron chi connectivity index (χ3n) is 3.66. The third-order valence-corrected chi connectivity index (χ3v) is 3.91. The van der Waals surface area contributed by atoms with Crippen molar-refractivity contribution in [3.63, 3.8) is 0 Å². The number of methoxy groups -OCH3 is 1. The number of amides is 1. The first-order chi connectivity index (χ1) is 11.6. The number of halogens is 1. The average molecular weight is 346 g/mol. The van der Waals surface area contributed by atoms with Crippen molar-refractivity contribution in [3.8, 4) is 0 Å². The fraction of sp³-hybridized carbons (Fsp3) is 0.263. The molecule has 1 atom stereocenters. The van der Waals surface area contributed by atoms with Crippen molar-refractivity contribution in [3.05, 3.63) is 70.7 Å². The molecule has 1 N–H and O–H groups in total. The summed E-state index contributed by atoms with van der Waals surface area (Å²) in [5, 5.41) is 3.38. The van der Waals surface area contributed by atoms with E-state index in [1.165, 1.54) is 7.11 Å². The molecule has 2 aromatic carbocycles. The van der Waals surface area contributed by atoms with Gasteiger partial charge in [-0.3, -0.25) is 4.79 Å². The molecule has 5 heteroatoms. The van der Waals surface area contributed by atoms with Crippen LogP contribution in [0.3, 0.4) is 0 Å². The number of carbonyl (C=O) groups excluding carboxylic acids is 2. The van der Waals surface area contributed by atoms with E-state index >= 15 is 0 Å². The van der Waals surface area contributed by atoms with Gasteiger partial charge in [-0.2, -0.15) is 0 Å². The number of rotatable bonds is 7. The van der Waals surface area contributed by atoms with Crippen molar-refractivity contribution < 1.29 is 14.3 Å². The van der Waals surface area contributed by atoms with E-state index in [1.807, 2.05) is 42.5 Å². The van der Waals surface area contributed by atoms with E-state index in [-0.39, 0.29) is 5.91 Å². The summed E-state index contributed by atoms with van der Waals surface area (Å²) in [5.74, 6) is -0.638. The van der Waals surface area contributed by atoms with Crippen LogP contribution in [-0.2, 0) is 27.2 Å². The predicted molar refractivity (Wildman–Crippen MR) is 93.9 cm³/mol. The summed E-state index contributed by atoms with van der Waals surface area (Å²) in [6.45, 7) is 0. The lowest BCUT2D eigenvalue weighted by molar-refractivity contribution is -0.145. The van der Waals surface area contributed by atoms with E-state index in [0.29, 0.717) is 24.3 Å². The zero-order valence-electron chi connectivity index (χ0n) is 13.5. The van der Waals surface area contributed by atoms with Gasteiger partial charge in [0, 0.05) is 17.9 Å². The van der Waals surface area contributed by atoms with Crippen molar-refractivity contribution in [2.24, 2.45) is 0 Å². The van der Waals surface area contributed by atoms with Gasteiger partial charge in [0.25, 0.3) is 0 Å². The lowest BCUT2D eigenvalue weighted by atomic mass is 10.1. The lowest BCUT2D eigenvalue weighted by Crippen LogP contribution is -2.43. The minimum atomic E-state index is -0.709. The molecule has 0 unspecified atom stereocenters. The largest absolute Gasteiger partial charge is 0.467 e. The standard InChI is InChI=1S/C19H20ClNO3/c1-24-19(23)17(13-15-7-10-16(20)11-8-15)21-18(22)12-9-14-5-3-2-4-6-14/h2-8,10-11,17H,9,12-13H2,1H3,(H,21,22)/t17-/m0/s1. The van der Waals surface area contributed by atoms with Crippen LogP contribution in [0.15, 0.2) is 54.6 Å². The Bertz CT molecular complexity index is 671. The topological polar surface area (TPSA) is 55.4 Å². The van der Waals surface area contributed by atoms with Crippen LogP contribution in [-0.4, -0.2) is 25.0 Å². The summed E-state index contributed by atoms with van der Waals surface area (Å²) in [4.78, 5) is 24.1. The van der Waals surface area contributed by atoms with Gasteiger partial charge in [0.2, 0.25) is 5.91 Å². The average Bonchev–Trinajstić information content (AvgIpc) is 2.61. The molecule has 4 nitrogen and oxygen atoms in total. The number of carbonyl (C=O) groups is 2. The number of esters is 1. The highest BCUT2D eigenvalue weighted by atomic mass is 35.5. The van der Waals surface area contributed by atoms with Gasteiger partial charge >= 0.3 is 5.97 Å². The van der Waals surface area contributed by atoms with Gasteiger partial charge in [-0.15, -0.1) is 0 Å². The highest BCUT2D eigenvalue weighted by molar-refractivity contribution is 6.30. The molecule has 1 amide bonds. The maximum absolute atomic E-state index is 12.2. The Balaban J connectivity index is 1.93. The van der Waals surface area contributed by atoms with Gasteiger partial charge in [0.1, 0.15) is 6.04 Å². The molecular weight excluding hydrogens is 326 g/mol. The molecule has 2 rings (SSSR count). The molecular formula is C19H20ClNO3. The Morgan fingerprint density at radius 1 is 1.04 bits per heavy atom. The molecule has 0 aliphatic heterocycles. The molecule has 2 aromatic rings. The maximum Gasteiger partial charge on any atom is 0.328 e. The van der Waals surface area contributed by atoms with Gasteiger partial charge in [-0.1, -0.05) is 54.1 Å². The van der Waals surface area contributed by atoms with Crippen LogP contribution in [0.25, 0.3) is 0 Å². The van der Waals surface area contributed by atoms with Crippen molar-refractivity contribution in [2.75, 3.05) is 7.11 Å². The summed E-state index contributed by atoms with van der Waals surface area (Å²) >= 11 is 5.86. The third kappa shape index (κ3) is 5.70. The Morgan fingerprint density at radius 3 is 2.33 bits per heavy atom. The Labute approximate surface area is 146 Å². The fourth-order valence-electron chi connectivity index (χ4n) is 2.36. The van der Waals surface area contributed by atoms with Crippen molar-refractivity contribution >= 4 is 23.5 Å². The number of hydrogen-bond donors (Lipinski definition) is 1. The van der Waals surface area contributed by atoms with E-state index in [2.05, 4.69) is 5.32 Å². The van der Waals surface area contributed by atoms with Gasteiger partial charge in [-0.25, -0.2) is 4.79 Å². The molecule has 0 aromatic heterocycles. The van der Waals surface area contributed by atoms with E-state index in [4.69, 9.17) is 16.3 Å². The van der Waals surface area contributed by atoms with Crippen LogP contribution in [0.5, 0.6) is 0 Å². The number of benzene rings is 2. The molecule has 0 radical (unpaired) electrons. The molecule has 0 bridgehead atoms. The second kappa shape index (κ2) is 9.08. The first-order valence-corrected chi connectivity index (χ1v) is 8.12. The quantitative estimate of drug-likeness (QED) is 0.784. The number of aryl methyl sites for hydroxylation is 1. The summed E-state index contributed by atoms with van der Waals surface area (Å²) in [6.07, 6.45) is 1.31. The monoisotopic (exact) mass is 345 g/mol. The van der Waals surface area contributed by atoms with Crippen LogP contribution in [0, 0.1) is 0 Å². The molecule has 0 heterocycles. The summed E-state index contributed by atoms with van der Waals surface area (Å²) < 4.78 is 4.79. The van der Waals surface area contributed by atoms with Crippen LogP contribution >= 0.6 is 11.6 Å². The van der Waals surface area contributed by atoms with Crippen molar-refractivity contribution in [2.45, 2.75) is 25.3 Å². The SMILES string of the molecule is COC(=O)[C@H](Cc1ccc(Cl)cc1)NC(=O)CCc1ccccc1.